The van der Waals surface area contributed by atoms with Gasteiger partial charge in [0, 0.05) is 57.4 Å². The van der Waals surface area contributed by atoms with Gasteiger partial charge in [0.2, 0.25) is 5.91 Å². The summed E-state index contributed by atoms with van der Waals surface area (Å²) < 4.78 is 40.2. The Balaban J connectivity index is 1.46. The standard InChI is InChI=1S/C25H29F3N4OS/c1-30(2)24(33)22-16-31(14-20-4-3-11-34-20)15-21(22)17-7-9-32(10-8-17)19-6-5-18(13-29)23(12-19)25(26,27)28/h3-6,11-12,17,21-22H,7-10,14-16H2,1-2H3/t21-,22+/m0/s1. The van der Waals surface area contributed by atoms with E-state index in [0.29, 0.717) is 24.7 Å². The van der Waals surface area contributed by atoms with Crippen molar-refractivity contribution in [2.45, 2.75) is 25.6 Å². The van der Waals surface area contributed by atoms with Crippen LogP contribution in [0.25, 0.3) is 0 Å². The van der Waals surface area contributed by atoms with E-state index in [1.807, 2.05) is 11.0 Å². The summed E-state index contributed by atoms with van der Waals surface area (Å²) in [6.07, 6.45) is -2.90. The summed E-state index contributed by atoms with van der Waals surface area (Å²) in [6, 6.07) is 9.75. The van der Waals surface area contributed by atoms with E-state index in [1.165, 1.54) is 10.9 Å². The summed E-state index contributed by atoms with van der Waals surface area (Å²) in [7, 11) is 3.60. The first-order chi connectivity index (χ1) is 16.2. The number of carbonyl (C=O) groups is 1. The van der Waals surface area contributed by atoms with E-state index in [1.54, 1.807) is 42.5 Å². The number of amides is 1. The van der Waals surface area contributed by atoms with Crippen LogP contribution in [0.2, 0.25) is 0 Å². The molecule has 0 unspecified atom stereocenters. The van der Waals surface area contributed by atoms with Crippen molar-refractivity contribution in [3.63, 3.8) is 0 Å². The van der Waals surface area contributed by atoms with Crippen molar-refractivity contribution in [2.75, 3.05) is 45.2 Å². The van der Waals surface area contributed by atoms with Gasteiger partial charge in [-0.15, -0.1) is 11.3 Å². The number of nitriles is 1. The summed E-state index contributed by atoms with van der Waals surface area (Å²) in [5.41, 5.74) is -0.740. The zero-order chi connectivity index (χ0) is 24.5. The van der Waals surface area contributed by atoms with Crippen LogP contribution in [0.15, 0.2) is 35.7 Å². The maximum atomic E-state index is 13.4. The molecule has 1 aromatic carbocycles. The molecule has 0 spiro atoms. The number of piperidine rings is 1. The first kappa shape index (κ1) is 24.6. The number of likely N-dealkylation sites (tertiary alicyclic amines) is 1. The van der Waals surface area contributed by atoms with Gasteiger partial charge in [-0.25, -0.2) is 0 Å². The molecule has 5 nitrogen and oxygen atoms in total. The van der Waals surface area contributed by atoms with E-state index in [-0.39, 0.29) is 23.3 Å². The molecule has 0 bridgehead atoms. The van der Waals surface area contributed by atoms with E-state index in [0.717, 1.165) is 38.5 Å². The van der Waals surface area contributed by atoms with Crippen LogP contribution in [0.5, 0.6) is 0 Å². The molecule has 182 valence electrons. The maximum absolute atomic E-state index is 13.4. The Labute approximate surface area is 202 Å². The minimum absolute atomic E-state index is 0.0572. The molecule has 2 aliphatic heterocycles. The topological polar surface area (TPSA) is 50.6 Å². The van der Waals surface area contributed by atoms with E-state index in [9.17, 15) is 18.0 Å². The van der Waals surface area contributed by atoms with Gasteiger partial charge in [-0.3, -0.25) is 9.69 Å². The molecule has 0 radical (unpaired) electrons. The van der Waals surface area contributed by atoms with E-state index in [2.05, 4.69) is 16.3 Å². The van der Waals surface area contributed by atoms with Crippen LogP contribution in [0, 0.1) is 29.1 Å². The molecule has 4 rings (SSSR count). The number of halogens is 3. The zero-order valence-electron chi connectivity index (χ0n) is 19.4. The van der Waals surface area contributed by atoms with Gasteiger partial charge in [-0.2, -0.15) is 18.4 Å². The van der Waals surface area contributed by atoms with Crippen LogP contribution in [0.4, 0.5) is 18.9 Å². The lowest BCUT2D eigenvalue weighted by Crippen LogP contribution is -2.41. The number of benzene rings is 1. The number of anilines is 1. The summed E-state index contributed by atoms with van der Waals surface area (Å²) in [6.45, 7) is 3.72. The lowest BCUT2D eigenvalue weighted by molar-refractivity contribution is -0.137. The molecule has 34 heavy (non-hydrogen) atoms. The third-order valence-electron chi connectivity index (χ3n) is 7.10. The molecular formula is C25H29F3N4OS. The highest BCUT2D eigenvalue weighted by atomic mass is 32.1. The lowest BCUT2D eigenvalue weighted by Gasteiger charge is -2.38. The van der Waals surface area contributed by atoms with E-state index in [4.69, 9.17) is 5.26 Å². The highest BCUT2D eigenvalue weighted by Crippen LogP contribution is 2.39. The third-order valence-corrected chi connectivity index (χ3v) is 7.96. The SMILES string of the molecule is CN(C)C(=O)[C@@H]1CN(Cc2cccs2)C[C@H]1C1CCN(c2ccc(C#N)c(C(F)(F)F)c2)CC1. The summed E-state index contributed by atoms with van der Waals surface area (Å²) >= 11 is 1.72. The predicted molar refractivity (Wildman–Crippen MR) is 126 cm³/mol. The molecule has 1 amide bonds. The van der Waals surface area contributed by atoms with Crippen molar-refractivity contribution in [2.24, 2.45) is 17.8 Å². The Morgan fingerprint density at radius 1 is 1.21 bits per heavy atom. The first-order valence-corrected chi connectivity index (χ1v) is 12.4. The molecule has 2 aliphatic rings. The Morgan fingerprint density at radius 2 is 1.94 bits per heavy atom. The van der Waals surface area contributed by atoms with Gasteiger partial charge in [-0.1, -0.05) is 6.07 Å². The Bertz CT molecular complexity index is 1040. The van der Waals surface area contributed by atoms with Crippen molar-refractivity contribution >= 4 is 22.9 Å². The highest BCUT2D eigenvalue weighted by molar-refractivity contribution is 7.09. The molecule has 2 fully saturated rings. The van der Waals surface area contributed by atoms with Crippen molar-refractivity contribution in [3.05, 3.63) is 51.7 Å². The van der Waals surface area contributed by atoms with E-state index < -0.39 is 11.7 Å². The zero-order valence-corrected chi connectivity index (χ0v) is 20.2. The minimum atomic E-state index is -4.56. The molecule has 0 saturated carbocycles. The van der Waals surface area contributed by atoms with Crippen molar-refractivity contribution in [3.8, 4) is 6.07 Å². The highest BCUT2D eigenvalue weighted by Gasteiger charge is 2.43. The molecule has 0 N–H and O–H groups in total. The van der Waals surface area contributed by atoms with Gasteiger partial charge >= 0.3 is 6.18 Å². The first-order valence-electron chi connectivity index (χ1n) is 11.5. The maximum Gasteiger partial charge on any atom is 0.417 e. The summed E-state index contributed by atoms with van der Waals surface area (Å²) in [5, 5.41) is 11.1. The van der Waals surface area contributed by atoms with Crippen molar-refractivity contribution in [1.82, 2.24) is 9.80 Å². The second-order valence-electron chi connectivity index (χ2n) is 9.44. The van der Waals surface area contributed by atoms with Gasteiger partial charge in [0.15, 0.2) is 0 Å². The van der Waals surface area contributed by atoms with Gasteiger partial charge in [0.1, 0.15) is 0 Å². The molecule has 2 saturated heterocycles. The van der Waals surface area contributed by atoms with Crippen LogP contribution in [0.3, 0.4) is 0 Å². The second kappa shape index (κ2) is 9.96. The molecule has 2 atom stereocenters. The Morgan fingerprint density at radius 3 is 2.53 bits per heavy atom. The molecule has 0 aliphatic carbocycles. The number of alkyl halides is 3. The molecular weight excluding hydrogens is 461 g/mol. The average Bonchev–Trinajstić information content (AvgIpc) is 3.48. The monoisotopic (exact) mass is 490 g/mol. The van der Waals surface area contributed by atoms with Crippen LogP contribution < -0.4 is 4.90 Å². The van der Waals surface area contributed by atoms with Crippen molar-refractivity contribution in [1.29, 1.82) is 5.26 Å². The van der Waals surface area contributed by atoms with Gasteiger partial charge < -0.3 is 9.80 Å². The van der Waals surface area contributed by atoms with Gasteiger partial charge in [-0.05, 0) is 54.3 Å². The quantitative estimate of drug-likeness (QED) is 0.610. The number of rotatable bonds is 5. The number of hydrogen-bond donors (Lipinski definition) is 0. The summed E-state index contributed by atoms with van der Waals surface area (Å²) in [4.78, 5) is 20.3. The summed E-state index contributed by atoms with van der Waals surface area (Å²) in [5.74, 6) is 0.684. The van der Waals surface area contributed by atoms with Gasteiger partial charge in [0.05, 0.1) is 23.1 Å². The molecule has 9 heteroatoms. The van der Waals surface area contributed by atoms with Crippen molar-refractivity contribution < 1.29 is 18.0 Å². The molecule has 3 heterocycles. The normalized spacial score (nSPS) is 22.1. The Kier molecular flexibility index (Phi) is 7.20. The third kappa shape index (κ3) is 5.23. The minimum Gasteiger partial charge on any atom is -0.372 e. The number of carbonyl (C=O) groups excluding carboxylic acids is 1. The average molecular weight is 491 g/mol. The molecule has 1 aromatic heterocycles. The van der Waals surface area contributed by atoms with Gasteiger partial charge in [0.25, 0.3) is 0 Å². The Hall–Kier alpha value is -2.57. The number of thiophene rings is 1. The predicted octanol–water partition coefficient (Wildman–Crippen LogP) is 4.69. The number of hydrogen-bond acceptors (Lipinski definition) is 5. The van der Waals surface area contributed by atoms with Crippen LogP contribution in [-0.4, -0.2) is 56.0 Å². The fraction of sp³-hybridized carbons (Fsp3) is 0.520. The smallest absolute Gasteiger partial charge is 0.372 e. The second-order valence-corrected chi connectivity index (χ2v) is 10.5. The van der Waals surface area contributed by atoms with Crippen LogP contribution >= 0.6 is 11.3 Å². The largest absolute Gasteiger partial charge is 0.417 e. The fourth-order valence-corrected chi connectivity index (χ4v) is 6.13. The lowest BCUT2D eigenvalue weighted by atomic mass is 9.78. The fourth-order valence-electron chi connectivity index (χ4n) is 5.38. The van der Waals surface area contributed by atoms with Crippen LogP contribution in [-0.2, 0) is 17.5 Å². The van der Waals surface area contributed by atoms with Crippen LogP contribution in [0.1, 0.15) is 28.8 Å². The number of nitrogens with zero attached hydrogens (tertiary/aromatic N) is 4. The molecule has 2 aromatic rings. The van der Waals surface area contributed by atoms with E-state index >= 15 is 0 Å².